The van der Waals surface area contributed by atoms with E-state index in [2.05, 4.69) is 5.32 Å². The van der Waals surface area contributed by atoms with Crippen LogP contribution in [0.25, 0.3) is 0 Å². The second-order valence-electron chi connectivity index (χ2n) is 7.50. The van der Waals surface area contributed by atoms with Gasteiger partial charge in [-0.3, -0.25) is 4.79 Å². The van der Waals surface area contributed by atoms with Crippen LogP contribution >= 0.6 is 11.6 Å². The average Bonchev–Trinajstić information content (AvgIpc) is 3.33. The van der Waals surface area contributed by atoms with Crippen molar-refractivity contribution >= 4 is 27.5 Å². The number of piperidine rings is 1. The zero-order valence-electron chi connectivity index (χ0n) is 16.8. The molecular formula is C23H23ClN2O4S. The Bertz CT molecular complexity index is 1110. The molecule has 3 aromatic rings. The molecule has 1 saturated heterocycles. The number of carbonyl (C=O) groups excluding carboxylic acids is 1. The first-order valence-electron chi connectivity index (χ1n) is 10.1. The molecule has 1 unspecified atom stereocenters. The Balaban J connectivity index is 1.42. The highest BCUT2D eigenvalue weighted by atomic mass is 35.5. The summed E-state index contributed by atoms with van der Waals surface area (Å²) >= 11 is 5.86. The van der Waals surface area contributed by atoms with Crippen molar-refractivity contribution < 1.29 is 17.6 Å². The van der Waals surface area contributed by atoms with Gasteiger partial charge in [0.05, 0.1) is 11.2 Å². The van der Waals surface area contributed by atoms with Crippen molar-refractivity contribution in [3.05, 3.63) is 89.3 Å². The quantitative estimate of drug-likeness (QED) is 0.599. The van der Waals surface area contributed by atoms with E-state index in [0.29, 0.717) is 36.7 Å². The van der Waals surface area contributed by atoms with E-state index < -0.39 is 10.0 Å². The predicted molar refractivity (Wildman–Crippen MR) is 118 cm³/mol. The van der Waals surface area contributed by atoms with E-state index in [-0.39, 0.29) is 22.8 Å². The number of hydrogen-bond acceptors (Lipinski definition) is 4. The molecule has 1 fully saturated rings. The highest BCUT2D eigenvalue weighted by Crippen LogP contribution is 2.27. The first-order valence-corrected chi connectivity index (χ1v) is 11.9. The lowest BCUT2D eigenvalue weighted by atomic mass is 9.95. The number of rotatable bonds is 6. The van der Waals surface area contributed by atoms with Gasteiger partial charge in [-0.25, -0.2) is 8.42 Å². The van der Waals surface area contributed by atoms with E-state index >= 15 is 0 Å². The Morgan fingerprint density at radius 1 is 1.00 bits per heavy atom. The van der Waals surface area contributed by atoms with E-state index in [9.17, 15) is 13.2 Å². The summed E-state index contributed by atoms with van der Waals surface area (Å²) in [6, 6.07) is 19.0. The Morgan fingerprint density at radius 3 is 2.29 bits per heavy atom. The Kier molecular flexibility index (Phi) is 6.46. The molecule has 1 amide bonds. The Hall–Kier alpha value is -2.61. The summed E-state index contributed by atoms with van der Waals surface area (Å²) in [5, 5.41) is 3.57. The molecular weight excluding hydrogens is 436 g/mol. The van der Waals surface area contributed by atoms with Crippen LogP contribution in [0.3, 0.4) is 0 Å². The summed E-state index contributed by atoms with van der Waals surface area (Å²) in [5.41, 5.74) is 0.925. The van der Waals surface area contributed by atoms with Gasteiger partial charge in [0.25, 0.3) is 0 Å². The Labute approximate surface area is 186 Å². The molecule has 1 N–H and O–H groups in total. The van der Waals surface area contributed by atoms with Gasteiger partial charge >= 0.3 is 0 Å². The molecule has 0 aliphatic carbocycles. The number of benzene rings is 2. The summed E-state index contributed by atoms with van der Waals surface area (Å²) < 4.78 is 32.7. The van der Waals surface area contributed by atoms with Crippen LogP contribution in [-0.4, -0.2) is 31.7 Å². The number of amides is 1. The van der Waals surface area contributed by atoms with Gasteiger partial charge in [0.2, 0.25) is 15.9 Å². The monoisotopic (exact) mass is 458 g/mol. The molecule has 1 aliphatic rings. The van der Waals surface area contributed by atoms with Crippen LogP contribution in [0.2, 0.25) is 5.02 Å². The first kappa shape index (κ1) is 21.6. The zero-order chi connectivity index (χ0) is 21.8. The number of carbonyl (C=O) groups is 1. The third-order valence-electron chi connectivity index (χ3n) is 5.52. The van der Waals surface area contributed by atoms with Gasteiger partial charge in [0, 0.05) is 24.0 Å². The van der Waals surface area contributed by atoms with Crippen molar-refractivity contribution in [1.82, 2.24) is 9.62 Å². The van der Waals surface area contributed by atoms with Crippen molar-refractivity contribution in [3.63, 3.8) is 0 Å². The molecule has 0 bridgehead atoms. The molecule has 1 aliphatic heterocycles. The molecule has 31 heavy (non-hydrogen) atoms. The summed E-state index contributed by atoms with van der Waals surface area (Å²) in [4.78, 5) is 13.2. The van der Waals surface area contributed by atoms with Crippen molar-refractivity contribution in [2.24, 2.45) is 5.92 Å². The van der Waals surface area contributed by atoms with Crippen LogP contribution in [-0.2, 0) is 14.8 Å². The number of sulfonamides is 1. The molecule has 0 spiro atoms. The van der Waals surface area contributed by atoms with Gasteiger partial charge in [-0.05, 0) is 54.8 Å². The fraction of sp³-hybridized carbons (Fsp3) is 0.261. The van der Waals surface area contributed by atoms with Gasteiger partial charge in [-0.2, -0.15) is 4.31 Å². The minimum Gasteiger partial charge on any atom is -0.467 e. The second-order valence-corrected chi connectivity index (χ2v) is 9.87. The van der Waals surface area contributed by atoms with Gasteiger partial charge < -0.3 is 9.73 Å². The molecule has 162 valence electrons. The highest BCUT2D eigenvalue weighted by Gasteiger charge is 2.33. The SMILES string of the molecule is O=C(NC(c1ccccc1)c1ccco1)C1CCN(S(=O)(=O)c2ccc(Cl)cc2)CC1. The maximum atomic E-state index is 13.0. The lowest BCUT2D eigenvalue weighted by Crippen LogP contribution is -2.43. The molecule has 0 radical (unpaired) electrons. The smallest absolute Gasteiger partial charge is 0.243 e. The van der Waals surface area contributed by atoms with Crippen LogP contribution in [0.1, 0.15) is 30.2 Å². The largest absolute Gasteiger partial charge is 0.467 e. The third-order valence-corrected chi connectivity index (χ3v) is 7.69. The van der Waals surface area contributed by atoms with Crippen LogP contribution in [0, 0.1) is 5.92 Å². The second kappa shape index (κ2) is 9.26. The van der Waals surface area contributed by atoms with Crippen molar-refractivity contribution in [3.8, 4) is 0 Å². The maximum Gasteiger partial charge on any atom is 0.243 e. The molecule has 6 nitrogen and oxygen atoms in total. The van der Waals surface area contributed by atoms with E-state index in [1.54, 1.807) is 24.5 Å². The Morgan fingerprint density at radius 2 is 1.68 bits per heavy atom. The summed E-state index contributed by atoms with van der Waals surface area (Å²) in [7, 11) is -3.60. The molecule has 2 heterocycles. The van der Waals surface area contributed by atoms with E-state index in [0.717, 1.165) is 5.56 Å². The van der Waals surface area contributed by atoms with E-state index in [1.165, 1.54) is 16.4 Å². The minimum absolute atomic E-state index is 0.103. The van der Waals surface area contributed by atoms with Gasteiger partial charge in [-0.15, -0.1) is 0 Å². The van der Waals surface area contributed by atoms with Crippen molar-refractivity contribution in [2.45, 2.75) is 23.8 Å². The topological polar surface area (TPSA) is 79.6 Å². The lowest BCUT2D eigenvalue weighted by molar-refractivity contribution is -0.126. The van der Waals surface area contributed by atoms with Crippen molar-refractivity contribution in [1.29, 1.82) is 0 Å². The minimum atomic E-state index is -3.60. The standard InChI is InChI=1S/C23H23ClN2O4S/c24-19-8-10-20(11-9-19)31(28,29)26-14-12-18(13-15-26)23(27)25-22(21-7-4-16-30-21)17-5-2-1-3-6-17/h1-11,16,18,22H,12-15H2,(H,25,27). The van der Waals surface area contributed by atoms with Crippen LogP contribution in [0.4, 0.5) is 0 Å². The van der Waals surface area contributed by atoms with Gasteiger partial charge in [0.1, 0.15) is 11.8 Å². The molecule has 8 heteroatoms. The van der Waals surface area contributed by atoms with Gasteiger partial charge in [0.15, 0.2) is 0 Å². The average molecular weight is 459 g/mol. The molecule has 4 rings (SSSR count). The normalized spacial score (nSPS) is 16.7. The summed E-state index contributed by atoms with van der Waals surface area (Å²) in [5.74, 6) is 0.286. The molecule has 1 aromatic heterocycles. The number of nitrogens with zero attached hydrogens (tertiary/aromatic N) is 1. The zero-order valence-corrected chi connectivity index (χ0v) is 18.4. The lowest BCUT2D eigenvalue weighted by Gasteiger charge is -2.31. The van der Waals surface area contributed by atoms with Crippen LogP contribution < -0.4 is 5.32 Å². The molecule has 1 atom stereocenters. The highest BCUT2D eigenvalue weighted by molar-refractivity contribution is 7.89. The third kappa shape index (κ3) is 4.84. The fourth-order valence-corrected chi connectivity index (χ4v) is 5.39. The molecule has 2 aromatic carbocycles. The van der Waals surface area contributed by atoms with Crippen LogP contribution in [0.15, 0.2) is 82.3 Å². The van der Waals surface area contributed by atoms with E-state index in [4.69, 9.17) is 16.0 Å². The van der Waals surface area contributed by atoms with Crippen molar-refractivity contribution in [2.75, 3.05) is 13.1 Å². The van der Waals surface area contributed by atoms with Crippen LogP contribution in [0.5, 0.6) is 0 Å². The van der Waals surface area contributed by atoms with Gasteiger partial charge in [-0.1, -0.05) is 41.9 Å². The summed E-state index contributed by atoms with van der Waals surface area (Å²) in [6.07, 6.45) is 2.49. The number of nitrogens with one attached hydrogen (secondary N) is 1. The number of hydrogen-bond donors (Lipinski definition) is 1. The fourth-order valence-electron chi connectivity index (χ4n) is 3.79. The summed E-state index contributed by atoms with van der Waals surface area (Å²) in [6.45, 7) is 0.583. The number of furan rings is 1. The maximum absolute atomic E-state index is 13.0. The molecule has 0 saturated carbocycles. The van der Waals surface area contributed by atoms with E-state index in [1.807, 2.05) is 36.4 Å². The predicted octanol–water partition coefficient (Wildman–Crippen LogP) is 4.24. The first-order chi connectivity index (χ1) is 14.9. The number of halogens is 1.